The van der Waals surface area contributed by atoms with Gasteiger partial charge in [-0.1, -0.05) is 36.4 Å². The maximum Gasteiger partial charge on any atom is 0.145 e. The van der Waals surface area contributed by atoms with Crippen LogP contribution < -0.4 is 19.6 Å². The third kappa shape index (κ3) is 6.25. The summed E-state index contributed by atoms with van der Waals surface area (Å²) in [6.45, 7) is 3.98. The van der Waals surface area contributed by atoms with Crippen LogP contribution in [-0.2, 0) is 40.2 Å². The second-order valence-electron chi connectivity index (χ2n) is 9.28. The van der Waals surface area contributed by atoms with Gasteiger partial charge in [-0.15, -0.1) is 24.7 Å². The van der Waals surface area contributed by atoms with Crippen LogP contribution in [0.25, 0.3) is 0 Å². The predicted octanol–water partition coefficient (Wildman–Crippen LogP) is 7.37. The monoisotopic (exact) mass is 930 g/mol. The van der Waals surface area contributed by atoms with Crippen LogP contribution in [0.4, 0.5) is 46.0 Å². The molecule has 10 heteroatoms. The van der Waals surface area contributed by atoms with Crippen molar-refractivity contribution in [3.63, 3.8) is 0 Å². The summed E-state index contributed by atoms with van der Waals surface area (Å²) in [6, 6.07) is 42.4. The maximum absolute atomic E-state index is 4.47. The van der Waals surface area contributed by atoms with E-state index in [0.29, 0.717) is 0 Å². The van der Waals surface area contributed by atoms with E-state index in [9.17, 15) is 0 Å². The van der Waals surface area contributed by atoms with E-state index in [0.717, 1.165) is 46.0 Å². The molecule has 0 saturated heterocycles. The normalized spacial score (nSPS) is 12.7. The number of anilines is 8. The van der Waals surface area contributed by atoms with E-state index in [1.807, 2.05) is 142 Å². The molecule has 6 aromatic rings. The fraction of sp³-hybridized carbons (Fsp3) is 0. The van der Waals surface area contributed by atoms with Crippen LogP contribution >= 0.6 is 0 Å². The molecular formula is C34H24Ir2N8-4. The molecule has 0 aliphatic carbocycles. The second-order valence-corrected chi connectivity index (χ2v) is 9.28. The molecule has 0 saturated carbocycles. The average molecular weight is 929 g/mol. The van der Waals surface area contributed by atoms with Gasteiger partial charge in [0.05, 0.1) is 0 Å². The molecule has 8 rings (SSSR count). The average Bonchev–Trinajstić information content (AvgIpc) is 3.67. The van der Waals surface area contributed by atoms with Gasteiger partial charge >= 0.3 is 0 Å². The summed E-state index contributed by atoms with van der Waals surface area (Å²) in [5.41, 5.74) is 3.99. The van der Waals surface area contributed by atoms with Gasteiger partial charge in [0.2, 0.25) is 0 Å². The molecule has 2 aliphatic rings. The third-order valence-corrected chi connectivity index (χ3v) is 6.67. The summed E-state index contributed by atoms with van der Waals surface area (Å²) in [7, 11) is 0. The zero-order valence-corrected chi connectivity index (χ0v) is 27.9. The number of rotatable bonds is 4. The van der Waals surface area contributed by atoms with Crippen molar-refractivity contribution in [2.24, 2.45) is 0 Å². The van der Waals surface area contributed by atoms with Gasteiger partial charge in [-0.05, 0) is 24.3 Å². The van der Waals surface area contributed by atoms with Crippen LogP contribution in [0.5, 0.6) is 0 Å². The van der Waals surface area contributed by atoms with Gasteiger partial charge in [0.25, 0.3) is 0 Å². The SMILES string of the molecule is [Ir].[Ir].[c-]1ccccc1N1[CH-]N(c2ccccc2)c2nccnc21.[c-]1ccccc1N1[CH-]N(c2ccccc2)c2nccnc21. The third-order valence-electron chi connectivity index (χ3n) is 6.67. The molecule has 2 aromatic heterocycles. The fourth-order valence-electron chi connectivity index (χ4n) is 4.75. The molecule has 0 N–H and O–H groups in total. The van der Waals surface area contributed by atoms with Crippen molar-refractivity contribution in [2.45, 2.75) is 0 Å². The molecule has 44 heavy (non-hydrogen) atoms. The summed E-state index contributed by atoms with van der Waals surface area (Å²) in [5, 5.41) is 0. The summed E-state index contributed by atoms with van der Waals surface area (Å²) >= 11 is 0. The molecular weight excluding hydrogens is 905 g/mol. The fourth-order valence-corrected chi connectivity index (χ4v) is 4.75. The van der Waals surface area contributed by atoms with E-state index in [2.05, 4.69) is 32.1 Å². The minimum Gasteiger partial charge on any atom is -0.477 e. The predicted molar refractivity (Wildman–Crippen MR) is 165 cm³/mol. The molecule has 8 nitrogen and oxygen atoms in total. The van der Waals surface area contributed by atoms with E-state index in [4.69, 9.17) is 0 Å². The molecule has 4 aromatic carbocycles. The number of para-hydroxylation sites is 4. The Balaban J connectivity index is 0.000000167. The quantitative estimate of drug-likeness (QED) is 0.170. The molecule has 0 fully saturated rings. The first-order chi connectivity index (χ1) is 20.9. The van der Waals surface area contributed by atoms with Crippen LogP contribution in [0.1, 0.15) is 0 Å². The van der Waals surface area contributed by atoms with Gasteiger partial charge in [0.15, 0.2) is 0 Å². The van der Waals surface area contributed by atoms with Crippen LogP contribution in [0.2, 0.25) is 0 Å². The Hall–Kier alpha value is -4.46. The van der Waals surface area contributed by atoms with Gasteiger partial charge in [0.1, 0.15) is 23.3 Å². The van der Waals surface area contributed by atoms with Crippen molar-refractivity contribution in [3.8, 4) is 0 Å². The Morgan fingerprint density at radius 3 is 1.09 bits per heavy atom. The molecule has 2 radical (unpaired) electrons. The van der Waals surface area contributed by atoms with Crippen molar-refractivity contribution in [1.82, 2.24) is 19.9 Å². The number of benzene rings is 4. The van der Waals surface area contributed by atoms with Gasteiger partial charge in [-0.3, -0.25) is 0 Å². The summed E-state index contributed by atoms with van der Waals surface area (Å²) in [4.78, 5) is 25.9. The van der Waals surface area contributed by atoms with Crippen LogP contribution in [0.3, 0.4) is 0 Å². The van der Waals surface area contributed by atoms with E-state index in [1.54, 1.807) is 24.8 Å². The van der Waals surface area contributed by atoms with Crippen LogP contribution in [0, 0.1) is 25.5 Å². The minimum absolute atomic E-state index is 0. The van der Waals surface area contributed by atoms with Crippen molar-refractivity contribution in [3.05, 3.63) is 159 Å². The standard InChI is InChI=1S/2C17H12N4.2Ir/c2*1-3-7-14(8-4-1)20-13-21(15-9-5-2-6-10-15)17-16(20)18-11-12-19-17;;/h2*1-9,11-13H;;/q2*-2;;. The van der Waals surface area contributed by atoms with E-state index >= 15 is 0 Å². The first kappa shape index (κ1) is 31.0. The topological polar surface area (TPSA) is 64.5 Å². The molecule has 0 spiro atoms. The zero-order chi connectivity index (χ0) is 28.1. The smallest absolute Gasteiger partial charge is 0.145 e. The summed E-state index contributed by atoms with van der Waals surface area (Å²) in [6.07, 6.45) is 6.83. The van der Waals surface area contributed by atoms with Crippen molar-refractivity contribution < 1.29 is 40.2 Å². The van der Waals surface area contributed by atoms with E-state index < -0.39 is 0 Å². The van der Waals surface area contributed by atoms with Crippen molar-refractivity contribution >= 4 is 46.0 Å². The number of fused-ring (bicyclic) bond motifs is 2. The van der Waals surface area contributed by atoms with Crippen molar-refractivity contribution in [2.75, 3.05) is 19.6 Å². The zero-order valence-electron chi connectivity index (χ0n) is 23.1. The minimum atomic E-state index is 0. The van der Waals surface area contributed by atoms with Crippen LogP contribution in [-0.4, -0.2) is 19.9 Å². The first-order valence-corrected chi connectivity index (χ1v) is 13.4. The molecule has 0 amide bonds. The largest absolute Gasteiger partial charge is 0.477 e. The number of hydrogen-bond acceptors (Lipinski definition) is 8. The Kier molecular flexibility index (Phi) is 10.1. The van der Waals surface area contributed by atoms with Gasteiger partial charge < -0.3 is 19.6 Å². The van der Waals surface area contributed by atoms with Crippen LogP contribution in [0.15, 0.2) is 134 Å². The Labute approximate surface area is 283 Å². The van der Waals surface area contributed by atoms with Crippen molar-refractivity contribution in [1.29, 1.82) is 0 Å². The Bertz CT molecular complexity index is 1500. The maximum atomic E-state index is 4.47. The number of nitrogens with zero attached hydrogens (tertiary/aromatic N) is 8. The van der Waals surface area contributed by atoms with E-state index in [1.165, 1.54) is 0 Å². The molecule has 222 valence electrons. The van der Waals surface area contributed by atoms with Gasteiger partial charge in [-0.25, -0.2) is 19.9 Å². The molecule has 0 bridgehead atoms. The van der Waals surface area contributed by atoms with E-state index in [-0.39, 0.29) is 40.2 Å². The second kappa shape index (κ2) is 14.3. The Morgan fingerprint density at radius 1 is 0.409 bits per heavy atom. The molecule has 2 aliphatic heterocycles. The number of aromatic nitrogens is 4. The van der Waals surface area contributed by atoms with Gasteiger partial charge in [-0.2, -0.15) is 60.7 Å². The summed E-state index contributed by atoms with van der Waals surface area (Å²) < 4.78 is 0. The molecule has 0 atom stereocenters. The molecule has 0 unspecified atom stereocenters. The Morgan fingerprint density at radius 2 is 0.750 bits per heavy atom. The van der Waals surface area contributed by atoms with Gasteiger partial charge in [0, 0.05) is 76.4 Å². The first-order valence-electron chi connectivity index (χ1n) is 13.4. The summed E-state index contributed by atoms with van der Waals surface area (Å²) in [5.74, 6) is 3.26. The molecule has 4 heterocycles. The number of hydrogen-bond donors (Lipinski definition) is 0.